The predicted molar refractivity (Wildman–Crippen MR) is 96.9 cm³/mol. The standard InChI is InChI=1S/C18H17FN2O4S/c1-2-20-18(24)21-16(22)11-25-17(23)10-8-14-7-9-15(26-14)12-3-5-13(19)6-4-12/h3-10H,2,11H2,1H3,(H2,20,21,22,24). The van der Waals surface area contributed by atoms with Crippen molar-refractivity contribution < 1.29 is 23.5 Å². The minimum atomic E-state index is -0.715. The number of benzene rings is 1. The number of esters is 1. The van der Waals surface area contributed by atoms with E-state index in [1.807, 2.05) is 17.4 Å². The van der Waals surface area contributed by atoms with Crippen molar-refractivity contribution in [1.29, 1.82) is 0 Å². The Morgan fingerprint density at radius 1 is 1.15 bits per heavy atom. The van der Waals surface area contributed by atoms with Crippen molar-refractivity contribution in [3.63, 3.8) is 0 Å². The van der Waals surface area contributed by atoms with Gasteiger partial charge in [0.05, 0.1) is 0 Å². The second-order valence-corrected chi connectivity index (χ2v) is 6.17. The predicted octanol–water partition coefficient (Wildman–Crippen LogP) is 2.96. The summed E-state index contributed by atoms with van der Waals surface area (Å²) in [7, 11) is 0. The van der Waals surface area contributed by atoms with Crippen molar-refractivity contribution in [2.45, 2.75) is 6.92 Å². The lowest BCUT2D eigenvalue weighted by Crippen LogP contribution is -2.41. The lowest BCUT2D eigenvalue weighted by Gasteiger charge is -2.04. The van der Waals surface area contributed by atoms with E-state index in [0.29, 0.717) is 6.54 Å². The molecular formula is C18H17FN2O4S. The van der Waals surface area contributed by atoms with E-state index in [2.05, 4.69) is 5.32 Å². The van der Waals surface area contributed by atoms with Crippen molar-refractivity contribution in [2.24, 2.45) is 0 Å². The van der Waals surface area contributed by atoms with Crippen LogP contribution < -0.4 is 10.6 Å². The first-order valence-electron chi connectivity index (χ1n) is 7.76. The molecule has 1 aromatic heterocycles. The number of hydrogen-bond donors (Lipinski definition) is 2. The number of hydrogen-bond acceptors (Lipinski definition) is 5. The highest BCUT2D eigenvalue weighted by molar-refractivity contribution is 7.16. The third kappa shape index (κ3) is 6.14. The number of ether oxygens (including phenoxy) is 1. The van der Waals surface area contributed by atoms with Crippen LogP contribution in [0.25, 0.3) is 16.5 Å². The van der Waals surface area contributed by atoms with E-state index in [-0.39, 0.29) is 5.82 Å². The molecule has 0 fully saturated rings. The molecule has 2 aromatic rings. The van der Waals surface area contributed by atoms with Gasteiger partial charge in [0.15, 0.2) is 6.61 Å². The molecule has 0 aliphatic heterocycles. The Morgan fingerprint density at radius 3 is 2.58 bits per heavy atom. The number of urea groups is 1. The molecule has 26 heavy (non-hydrogen) atoms. The summed E-state index contributed by atoms with van der Waals surface area (Å²) in [5.41, 5.74) is 0.876. The summed E-state index contributed by atoms with van der Waals surface area (Å²) in [5, 5.41) is 4.41. The molecule has 0 aliphatic rings. The van der Waals surface area contributed by atoms with Crippen LogP contribution in [-0.4, -0.2) is 31.1 Å². The van der Waals surface area contributed by atoms with Gasteiger partial charge in [-0.25, -0.2) is 14.0 Å². The summed E-state index contributed by atoms with van der Waals surface area (Å²) in [6.45, 7) is 1.54. The Bertz CT molecular complexity index is 815. The van der Waals surface area contributed by atoms with E-state index >= 15 is 0 Å². The minimum Gasteiger partial charge on any atom is -0.452 e. The molecule has 0 unspecified atom stereocenters. The van der Waals surface area contributed by atoms with Gasteiger partial charge in [-0.3, -0.25) is 10.1 Å². The fourth-order valence-electron chi connectivity index (χ4n) is 1.91. The van der Waals surface area contributed by atoms with Gasteiger partial charge in [0.25, 0.3) is 5.91 Å². The number of nitrogens with one attached hydrogen (secondary N) is 2. The van der Waals surface area contributed by atoms with Gasteiger partial charge in [-0.1, -0.05) is 12.1 Å². The molecule has 2 rings (SSSR count). The zero-order valence-corrected chi connectivity index (χ0v) is 14.8. The average molecular weight is 376 g/mol. The molecule has 0 bridgehead atoms. The maximum atomic E-state index is 12.9. The third-order valence-electron chi connectivity index (χ3n) is 3.08. The van der Waals surface area contributed by atoms with Crippen molar-refractivity contribution in [3.8, 4) is 10.4 Å². The van der Waals surface area contributed by atoms with Crippen LogP contribution in [0.3, 0.4) is 0 Å². The molecule has 2 N–H and O–H groups in total. The number of rotatable bonds is 6. The Kier molecular flexibility index (Phi) is 7.04. The van der Waals surface area contributed by atoms with Gasteiger partial charge in [-0.05, 0) is 42.8 Å². The first kappa shape index (κ1) is 19.3. The molecule has 136 valence electrons. The highest BCUT2D eigenvalue weighted by atomic mass is 32.1. The molecule has 1 heterocycles. The molecule has 8 heteroatoms. The molecule has 0 aliphatic carbocycles. The largest absolute Gasteiger partial charge is 0.452 e. The topological polar surface area (TPSA) is 84.5 Å². The molecule has 0 atom stereocenters. The average Bonchev–Trinajstić information content (AvgIpc) is 3.08. The number of carbonyl (C=O) groups excluding carboxylic acids is 3. The van der Waals surface area contributed by atoms with Crippen molar-refractivity contribution >= 4 is 35.3 Å². The number of imide groups is 1. The van der Waals surface area contributed by atoms with E-state index in [0.717, 1.165) is 15.3 Å². The van der Waals surface area contributed by atoms with Gasteiger partial charge in [0.2, 0.25) is 0 Å². The van der Waals surface area contributed by atoms with Crippen LogP contribution in [0.5, 0.6) is 0 Å². The summed E-state index contributed by atoms with van der Waals surface area (Å²) in [6.07, 6.45) is 2.75. The number of halogens is 1. The molecule has 6 nitrogen and oxygen atoms in total. The molecule has 0 saturated heterocycles. The van der Waals surface area contributed by atoms with Gasteiger partial charge in [0, 0.05) is 22.4 Å². The van der Waals surface area contributed by atoms with Gasteiger partial charge in [-0.15, -0.1) is 11.3 Å². The van der Waals surface area contributed by atoms with Gasteiger partial charge >= 0.3 is 12.0 Å². The monoisotopic (exact) mass is 376 g/mol. The highest BCUT2D eigenvalue weighted by Crippen LogP contribution is 2.28. The van der Waals surface area contributed by atoms with Crippen molar-refractivity contribution in [3.05, 3.63) is 53.2 Å². The summed E-state index contributed by atoms with van der Waals surface area (Å²) in [6, 6.07) is 9.15. The summed E-state index contributed by atoms with van der Waals surface area (Å²) in [5.74, 6) is -1.72. The summed E-state index contributed by atoms with van der Waals surface area (Å²) in [4.78, 5) is 35.9. The third-order valence-corrected chi connectivity index (χ3v) is 4.17. The molecule has 0 spiro atoms. The normalized spacial score (nSPS) is 10.5. The molecular weight excluding hydrogens is 359 g/mol. The van der Waals surface area contributed by atoms with Crippen LogP contribution in [0.4, 0.5) is 9.18 Å². The van der Waals surface area contributed by atoms with Crippen LogP contribution in [0.15, 0.2) is 42.5 Å². The Labute approximate surface area is 153 Å². The second kappa shape index (κ2) is 9.47. The smallest absolute Gasteiger partial charge is 0.331 e. The number of amides is 3. The summed E-state index contributed by atoms with van der Waals surface area (Å²) < 4.78 is 17.7. The number of carbonyl (C=O) groups is 3. The highest BCUT2D eigenvalue weighted by Gasteiger charge is 2.09. The van der Waals surface area contributed by atoms with E-state index in [1.165, 1.54) is 29.5 Å². The van der Waals surface area contributed by atoms with Crippen LogP contribution >= 0.6 is 11.3 Å². The van der Waals surface area contributed by atoms with Crippen LogP contribution in [0.2, 0.25) is 0 Å². The SMILES string of the molecule is CCNC(=O)NC(=O)COC(=O)C=Cc1ccc(-c2ccc(F)cc2)s1. The molecule has 3 amide bonds. The zero-order chi connectivity index (χ0) is 18.9. The van der Waals surface area contributed by atoms with E-state index in [9.17, 15) is 18.8 Å². The number of thiophene rings is 1. The second-order valence-electron chi connectivity index (χ2n) is 5.06. The van der Waals surface area contributed by atoms with Gasteiger partial charge in [-0.2, -0.15) is 0 Å². The van der Waals surface area contributed by atoms with Crippen LogP contribution in [-0.2, 0) is 14.3 Å². The summed E-state index contributed by atoms with van der Waals surface area (Å²) >= 11 is 1.42. The lowest BCUT2D eigenvalue weighted by atomic mass is 10.2. The van der Waals surface area contributed by atoms with E-state index in [4.69, 9.17) is 4.74 Å². The van der Waals surface area contributed by atoms with Crippen molar-refractivity contribution in [1.82, 2.24) is 10.6 Å². The van der Waals surface area contributed by atoms with Crippen LogP contribution in [0.1, 0.15) is 11.8 Å². The molecule has 1 aromatic carbocycles. The van der Waals surface area contributed by atoms with E-state index < -0.39 is 24.5 Å². The zero-order valence-electron chi connectivity index (χ0n) is 14.0. The first-order chi connectivity index (χ1) is 12.5. The van der Waals surface area contributed by atoms with Gasteiger partial charge < -0.3 is 10.1 Å². The fraction of sp³-hybridized carbons (Fsp3) is 0.167. The van der Waals surface area contributed by atoms with Crippen molar-refractivity contribution in [2.75, 3.05) is 13.2 Å². The molecule has 0 radical (unpaired) electrons. The van der Waals surface area contributed by atoms with Gasteiger partial charge in [0.1, 0.15) is 5.82 Å². The van der Waals surface area contributed by atoms with Crippen LogP contribution in [0, 0.1) is 5.82 Å². The minimum absolute atomic E-state index is 0.301. The first-order valence-corrected chi connectivity index (χ1v) is 8.58. The Morgan fingerprint density at radius 2 is 1.88 bits per heavy atom. The Balaban J connectivity index is 1.84. The maximum absolute atomic E-state index is 12.9. The van der Waals surface area contributed by atoms with E-state index in [1.54, 1.807) is 25.1 Å². The lowest BCUT2D eigenvalue weighted by molar-refractivity contribution is -0.143. The quantitative estimate of drug-likeness (QED) is 0.600. The molecule has 0 saturated carbocycles. The fourth-order valence-corrected chi connectivity index (χ4v) is 2.83. The maximum Gasteiger partial charge on any atom is 0.331 e. The Hall–Kier alpha value is -3.00.